The number of benzene rings is 1. The highest BCUT2D eigenvalue weighted by Gasteiger charge is 2.05. The van der Waals surface area contributed by atoms with Gasteiger partial charge in [0.05, 0.1) is 0 Å². The number of nitrogens with zero attached hydrogens (tertiary/aromatic N) is 2. The molecule has 3 rings (SSSR count). The van der Waals surface area contributed by atoms with Gasteiger partial charge in [-0.1, -0.05) is 28.1 Å². The van der Waals surface area contributed by atoms with Crippen LogP contribution >= 0.6 is 31.9 Å². The maximum Gasteiger partial charge on any atom is 0.146 e. The quantitative estimate of drug-likeness (QED) is 0.610. The number of hydrogen-bond acceptors (Lipinski definition) is 1. The van der Waals surface area contributed by atoms with Crippen LogP contribution in [0.3, 0.4) is 0 Å². The van der Waals surface area contributed by atoms with Crippen LogP contribution in [-0.4, -0.2) is 9.38 Å². The van der Waals surface area contributed by atoms with Gasteiger partial charge in [-0.3, -0.25) is 0 Å². The molecular formula is C11H6Br2N2. The van der Waals surface area contributed by atoms with Gasteiger partial charge in [-0.15, -0.1) is 0 Å². The summed E-state index contributed by atoms with van der Waals surface area (Å²) < 4.78 is 3.97. The second-order valence-electron chi connectivity index (χ2n) is 3.31. The highest BCUT2D eigenvalue weighted by Crippen LogP contribution is 2.27. The van der Waals surface area contributed by atoms with Crippen molar-refractivity contribution in [1.82, 2.24) is 9.38 Å². The molecule has 0 aliphatic rings. The topological polar surface area (TPSA) is 17.3 Å². The minimum Gasteiger partial charge on any atom is -0.305 e. The van der Waals surface area contributed by atoms with Gasteiger partial charge in [0.1, 0.15) is 10.3 Å². The standard InChI is InChI=1S/C11H6Br2N2/c12-9-3-1-2-8-7(9)4-5-15-6-10(13)14-11(8)15/h1-6H. The lowest BCUT2D eigenvalue weighted by atomic mass is 10.2. The molecule has 0 aliphatic heterocycles. The minimum absolute atomic E-state index is 0.856. The van der Waals surface area contributed by atoms with Gasteiger partial charge in [0.25, 0.3) is 0 Å². The van der Waals surface area contributed by atoms with Crippen molar-refractivity contribution < 1.29 is 0 Å². The lowest BCUT2D eigenvalue weighted by Gasteiger charge is -2.01. The second-order valence-corrected chi connectivity index (χ2v) is 4.98. The van der Waals surface area contributed by atoms with Gasteiger partial charge in [0, 0.05) is 27.6 Å². The molecule has 0 atom stereocenters. The van der Waals surface area contributed by atoms with Gasteiger partial charge >= 0.3 is 0 Å². The molecule has 0 fully saturated rings. The molecule has 2 nitrogen and oxygen atoms in total. The van der Waals surface area contributed by atoms with Gasteiger partial charge in [-0.25, -0.2) is 4.98 Å². The van der Waals surface area contributed by atoms with Gasteiger partial charge in [0.15, 0.2) is 0 Å². The molecule has 1 aromatic carbocycles. The largest absolute Gasteiger partial charge is 0.305 e. The summed E-state index contributed by atoms with van der Waals surface area (Å²) in [6.07, 6.45) is 3.97. The van der Waals surface area contributed by atoms with Crippen molar-refractivity contribution in [2.75, 3.05) is 0 Å². The first kappa shape index (κ1) is 9.36. The van der Waals surface area contributed by atoms with Crippen LogP contribution in [0.15, 0.2) is 45.7 Å². The third-order valence-electron chi connectivity index (χ3n) is 2.40. The SMILES string of the molecule is Brc1cn2ccc3c(Br)cccc3c2n1. The second kappa shape index (κ2) is 3.32. The van der Waals surface area contributed by atoms with Crippen LogP contribution in [0, 0.1) is 0 Å². The molecule has 0 bridgehead atoms. The molecule has 2 heterocycles. The molecule has 0 saturated carbocycles. The lowest BCUT2D eigenvalue weighted by Crippen LogP contribution is -1.84. The number of rotatable bonds is 0. The zero-order chi connectivity index (χ0) is 10.4. The highest BCUT2D eigenvalue weighted by molar-refractivity contribution is 9.10. The summed E-state index contributed by atoms with van der Waals surface area (Å²) in [4.78, 5) is 4.44. The van der Waals surface area contributed by atoms with E-state index in [4.69, 9.17) is 0 Å². The molecule has 3 aromatic rings. The van der Waals surface area contributed by atoms with Crippen molar-refractivity contribution in [1.29, 1.82) is 0 Å². The molecule has 0 aliphatic carbocycles. The Morgan fingerprint density at radius 2 is 1.93 bits per heavy atom. The Balaban J connectivity index is 2.59. The van der Waals surface area contributed by atoms with Gasteiger partial charge < -0.3 is 4.40 Å². The maximum atomic E-state index is 4.44. The van der Waals surface area contributed by atoms with Crippen LogP contribution < -0.4 is 0 Å². The van der Waals surface area contributed by atoms with Crippen LogP contribution in [0.5, 0.6) is 0 Å². The Labute approximate surface area is 103 Å². The molecule has 4 heteroatoms. The third-order valence-corrected chi connectivity index (χ3v) is 3.47. The fraction of sp³-hybridized carbons (Fsp3) is 0. The number of aromatic nitrogens is 2. The van der Waals surface area contributed by atoms with Gasteiger partial charge in [0.2, 0.25) is 0 Å². The number of imidazole rings is 1. The van der Waals surface area contributed by atoms with E-state index in [-0.39, 0.29) is 0 Å². The monoisotopic (exact) mass is 324 g/mol. The van der Waals surface area contributed by atoms with Crippen molar-refractivity contribution in [3.63, 3.8) is 0 Å². The van der Waals surface area contributed by atoms with E-state index in [1.807, 2.05) is 28.9 Å². The van der Waals surface area contributed by atoms with E-state index in [2.05, 4.69) is 49.0 Å². The first-order chi connectivity index (χ1) is 7.25. The predicted molar refractivity (Wildman–Crippen MR) is 68.1 cm³/mol. The van der Waals surface area contributed by atoms with Crippen LogP contribution in [-0.2, 0) is 0 Å². The van der Waals surface area contributed by atoms with E-state index in [9.17, 15) is 0 Å². The molecule has 0 radical (unpaired) electrons. The van der Waals surface area contributed by atoms with Crippen molar-refractivity contribution in [3.05, 3.63) is 45.7 Å². The Kier molecular flexibility index (Phi) is 2.07. The molecule has 0 N–H and O–H groups in total. The summed E-state index contributed by atoms with van der Waals surface area (Å²) in [6, 6.07) is 8.22. The molecule has 2 aromatic heterocycles. The van der Waals surface area contributed by atoms with E-state index < -0.39 is 0 Å². The summed E-state index contributed by atoms with van der Waals surface area (Å²) in [6.45, 7) is 0. The van der Waals surface area contributed by atoms with Crippen molar-refractivity contribution in [3.8, 4) is 0 Å². The average molecular weight is 326 g/mol. The summed E-state index contributed by atoms with van der Waals surface area (Å²) in [5, 5.41) is 2.33. The van der Waals surface area contributed by atoms with E-state index in [1.54, 1.807) is 0 Å². The molecular weight excluding hydrogens is 320 g/mol. The summed E-state index contributed by atoms with van der Waals surface area (Å²) in [5.74, 6) is 0. The molecule has 0 saturated heterocycles. The first-order valence-electron chi connectivity index (χ1n) is 4.47. The Morgan fingerprint density at radius 1 is 1.07 bits per heavy atom. The van der Waals surface area contributed by atoms with Crippen LogP contribution in [0.2, 0.25) is 0 Å². The summed E-state index contributed by atoms with van der Waals surface area (Å²) >= 11 is 6.93. The average Bonchev–Trinajstić information content (AvgIpc) is 2.59. The Hall–Kier alpha value is -0.870. The number of fused-ring (bicyclic) bond motifs is 3. The van der Waals surface area contributed by atoms with E-state index in [0.717, 1.165) is 20.1 Å². The Morgan fingerprint density at radius 3 is 2.80 bits per heavy atom. The predicted octanol–water partition coefficient (Wildman–Crippen LogP) is 4.01. The zero-order valence-corrected chi connectivity index (χ0v) is 10.8. The zero-order valence-electron chi connectivity index (χ0n) is 7.61. The lowest BCUT2D eigenvalue weighted by molar-refractivity contribution is 1.20. The number of hydrogen-bond donors (Lipinski definition) is 0. The van der Waals surface area contributed by atoms with Crippen LogP contribution in [0.4, 0.5) is 0 Å². The molecule has 0 spiro atoms. The maximum absolute atomic E-state index is 4.44. The third kappa shape index (κ3) is 1.40. The highest BCUT2D eigenvalue weighted by atomic mass is 79.9. The normalized spacial score (nSPS) is 11.3. The van der Waals surface area contributed by atoms with Crippen LogP contribution in [0.1, 0.15) is 0 Å². The molecule has 15 heavy (non-hydrogen) atoms. The Bertz CT molecular complexity index is 658. The molecule has 0 unspecified atom stereocenters. The van der Waals surface area contributed by atoms with Gasteiger partial charge in [-0.2, -0.15) is 0 Å². The van der Waals surface area contributed by atoms with E-state index in [1.165, 1.54) is 5.39 Å². The number of pyridine rings is 1. The van der Waals surface area contributed by atoms with E-state index >= 15 is 0 Å². The fourth-order valence-corrected chi connectivity index (χ4v) is 2.62. The van der Waals surface area contributed by atoms with Crippen molar-refractivity contribution in [2.45, 2.75) is 0 Å². The minimum atomic E-state index is 0.856. The van der Waals surface area contributed by atoms with E-state index in [0.29, 0.717) is 0 Å². The molecule has 74 valence electrons. The fourth-order valence-electron chi connectivity index (χ4n) is 1.73. The first-order valence-corrected chi connectivity index (χ1v) is 6.06. The van der Waals surface area contributed by atoms with Crippen molar-refractivity contribution in [2.24, 2.45) is 0 Å². The molecule has 0 amide bonds. The summed E-state index contributed by atoms with van der Waals surface area (Å²) in [5.41, 5.74) is 0.973. The summed E-state index contributed by atoms with van der Waals surface area (Å²) in [7, 11) is 0. The van der Waals surface area contributed by atoms with Crippen molar-refractivity contribution >= 4 is 48.3 Å². The number of halogens is 2. The van der Waals surface area contributed by atoms with Gasteiger partial charge in [-0.05, 0) is 28.1 Å². The van der Waals surface area contributed by atoms with Crippen LogP contribution in [0.25, 0.3) is 16.4 Å². The smallest absolute Gasteiger partial charge is 0.146 e.